The zero-order chi connectivity index (χ0) is 9.10. The van der Waals surface area contributed by atoms with Crippen LogP contribution in [0.15, 0.2) is 18.5 Å². The quantitative estimate of drug-likeness (QED) is 0.660. The molecule has 0 aromatic carbocycles. The average Bonchev–Trinajstić information content (AvgIpc) is 2.19. The van der Waals surface area contributed by atoms with Gasteiger partial charge in [-0.1, -0.05) is 0 Å². The zero-order valence-corrected chi connectivity index (χ0v) is 7.26. The van der Waals surface area contributed by atoms with E-state index in [-0.39, 0.29) is 11.9 Å². The van der Waals surface area contributed by atoms with Crippen LogP contribution in [0.3, 0.4) is 0 Å². The molecule has 1 fully saturated rings. The van der Waals surface area contributed by atoms with Gasteiger partial charge in [0.2, 0.25) is 0 Å². The average molecular weight is 181 g/mol. The molecule has 1 aromatic heterocycles. The summed E-state index contributed by atoms with van der Waals surface area (Å²) in [5, 5.41) is 6.53. The van der Waals surface area contributed by atoms with Gasteiger partial charge in [-0.2, -0.15) is 0 Å². The summed E-state index contributed by atoms with van der Waals surface area (Å²) in [6.07, 6.45) is 2.92. The number of halogens is 1. The van der Waals surface area contributed by atoms with Gasteiger partial charge >= 0.3 is 0 Å². The van der Waals surface area contributed by atoms with Gasteiger partial charge in [0, 0.05) is 31.9 Å². The highest BCUT2D eigenvalue weighted by Crippen LogP contribution is 2.12. The van der Waals surface area contributed by atoms with Crippen molar-refractivity contribution in [3.63, 3.8) is 0 Å². The summed E-state index contributed by atoms with van der Waals surface area (Å²) in [4.78, 5) is 3.82. The number of rotatable bonds is 1. The van der Waals surface area contributed by atoms with Crippen LogP contribution >= 0.6 is 0 Å². The third-order valence-corrected chi connectivity index (χ3v) is 2.17. The normalized spacial score (nSPS) is 23.0. The molecule has 0 amide bonds. The first kappa shape index (κ1) is 8.59. The number of hydrogen-bond acceptors (Lipinski definition) is 3. The molecule has 0 aliphatic carbocycles. The molecule has 2 heterocycles. The Balaban J connectivity index is 2.14. The lowest BCUT2D eigenvalue weighted by Gasteiger charge is -2.24. The predicted octanol–water partition coefficient (Wildman–Crippen LogP) is 0.455. The maximum absolute atomic E-state index is 12.8. The van der Waals surface area contributed by atoms with Gasteiger partial charge in [-0.3, -0.25) is 4.98 Å². The van der Waals surface area contributed by atoms with Crippen molar-refractivity contribution in [2.24, 2.45) is 0 Å². The highest BCUT2D eigenvalue weighted by molar-refractivity contribution is 5.16. The van der Waals surface area contributed by atoms with E-state index < -0.39 is 0 Å². The van der Waals surface area contributed by atoms with Crippen LogP contribution in [-0.2, 0) is 0 Å². The van der Waals surface area contributed by atoms with E-state index in [4.69, 9.17) is 0 Å². The van der Waals surface area contributed by atoms with E-state index >= 15 is 0 Å². The molecule has 1 aliphatic rings. The summed E-state index contributed by atoms with van der Waals surface area (Å²) < 4.78 is 12.8. The van der Waals surface area contributed by atoms with E-state index in [1.807, 2.05) is 0 Å². The summed E-state index contributed by atoms with van der Waals surface area (Å²) in [7, 11) is 0. The maximum atomic E-state index is 12.8. The number of nitrogens with zero attached hydrogens (tertiary/aromatic N) is 1. The zero-order valence-electron chi connectivity index (χ0n) is 7.26. The highest BCUT2D eigenvalue weighted by atomic mass is 19.1. The number of aromatic nitrogens is 1. The molecule has 0 saturated carbocycles. The monoisotopic (exact) mass is 181 g/mol. The van der Waals surface area contributed by atoms with Gasteiger partial charge in [-0.05, 0) is 11.6 Å². The summed E-state index contributed by atoms with van der Waals surface area (Å²) in [6.45, 7) is 2.73. The highest BCUT2D eigenvalue weighted by Gasteiger charge is 2.14. The van der Waals surface area contributed by atoms with Gasteiger partial charge in [0.05, 0.1) is 6.20 Å². The lowest BCUT2D eigenvalue weighted by molar-refractivity contribution is 0.427. The molecule has 4 heteroatoms. The Morgan fingerprint density at radius 1 is 1.38 bits per heavy atom. The summed E-state index contributed by atoms with van der Waals surface area (Å²) in [5.41, 5.74) is 0.909. The molecule has 3 nitrogen and oxygen atoms in total. The van der Waals surface area contributed by atoms with Gasteiger partial charge in [0.25, 0.3) is 0 Å². The molecule has 2 N–H and O–H groups in total. The van der Waals surface area contributed by atoms with Crippen LogP contribution in [0.4, 0.5) is 4.39 Å². The summed E-state index contributed by atoms with van der Waals surface area (Å²) in [5.74, 6) is -0.273. The van der Waals surface area contributed by atoms with Gasteiger partial charge < -0.3 is 10.6 Å². The molecule has 1 atom stereocenters. The minimum absolute atomic E-state index is 0.192. The first-order valence-corrected chi connectivity index (χ1v) is 4.41. The minimum Gasteiger partial charge on any atom is -0.314 e. The molecule has 0 bridgehead atoms. The van der Waals surface area contributed by atoms with Crippen molar-refractivity contribution in [2.75, 3.05) is 19.6 Å². The molecule has 1 saturated heterocycles. The number of hydrogen-bond donors (Lipinski definition) is 2. The fourth-order valence-electron chi connectivity index (χ4n) is 1.51. The van der Waals surface area contributed by atoms with Crippen LogP contribution in [0, 0.1) is 5.82 Å². The molecule has 0 radical (unpaired) electrons. The third kappa shape index (κ3) is 2.02. The standard InChI is InChI=1S/C9H12FN3/c10-8-3-7(4-12-5-8)9-6-11-1-2-13-9/h3-5,9,11,13H,1-2,6H2. The third-order valence-electron chi connectivity index (χ3n) is 2.17. The molecule has 70 valence electrons. The van der Waals surface area contributed by atoms with Crippen molar-refractivity contribution in [2.45, 2.75) is 6.04 Å². The van der Waals surface area contributed by atoms with Crippen LogP contribution in [0.2, 0.25) is 0 Å². The summed E-state index contributed by atoms with van der Waals surface area (Å²) >= 11 is 0. The lowest BCUT2D eigenvalue weighted by Crippen LogP contribution is -2.42. The van der Waals surface area contributed by atoms with E-state index in [1.165, 1.54) is 12.3 Å². The van der Waals surface area contributed by atoms with Crippen LogP contribution in [-0.4, -0.2) is 24.6 Å². The van der Waals surface area contributed by atoms with Crippen molar-refractivity contribution in [3.05, 3.63) is 29.8 Å². The largest absolute Gasteiger partial charge is 0.314 e. The van der Waals surface area contributed by atoms with Crippen LogP contribution in [0.25, 0.3) is 0 Å². The second kappa shape index (κ2) is 3.81. The van der Waals surface area contributed by atoms with Crippen molar-refractivity contribution >= 4 is 0 Å². The van der Waals surface area contributed by atoms with Crippen molar-refractivity contribution in [3.8, 4) is 0 Å². The molecule has 1 aromatic rings. The lowest BCUT2D eigenvalue weighted by atomic mass is 10.1. The molecule has 1 aliphatic heterocycles. The van der Waals surface area contributed by atoms with E-state index in [0.717, 1.165) is 25.2 Å². The molecule has 1 unspecified atom stereocenters. The molecule has 13 heavy (non-hydrogen) atoms. The van der Waals surface area contributed by atoms with Crippen LogP contribution < -0.4 is 10.6 Å². The Morgan fingerprint density at radius 2 is 2.31 bits per heavy atom. The van der Waals surface area contributed by atoms with Crippen molar-refractivity contribution < 1.29 is 4.39 Å². The maximum Gasteiger partial charge on any atom is 0.141 e. The van der Waals surface area contributed by atoms with Crippen LogP contribution in [0.5, 0.6) is 0 Å². The Labute approximate surface area is 76.4 Å². The van der Waals surface area contributed by atoms with Gasteiger partial charge in [-0.25, -0.2) is 4.39 Å². The predicted molar refractivity (Wildman–Crippen MR) is 47.8 cm³/mol. The molecule has 0 spiro atoms. The number of pyridine rings is 1. The first-order chi connectivity index (χ1) is 6.36. The Kier molecular flexibility index (Phi) is 2.52. The van der Waals surface area contributed by atoms with E-state index in [0.29, 0.717) is 0 Å². The van der Waals surface area contributed by atoms with E-state index in [1.54, 1.807) is 6.20 Å². The van der Waals surface area contributed by atoms with Crippen LogP contribution in [0.1, 0.15) is 11.6 Å². The molecular weight excluding hydrogens is 169 g/mol. The fraction of sp³-hybridized carbons (Fsp3) is 0.444. The second-order valence-corrected chi connectivity index (χ2v) is 3.15. The minimum atomic E-state index is -0.273. The Hall–Kier alpha value is -1.00. The van der Waals surface area contributed by atoms with Gasteiger partial charge in [0.15, 0.2) is 0 Å². The van der Waals surface area contributed by atoms with E-state index in [2.05, 4.69) is 15.6 Å². The molecular formula is C9H12FN3. The first-order valence-electron chi connectivity index (χ1n) is 4.41. The fourth-order valence-corrected chi connectivity index (χ4v) is 1.51. The van der Waals surface area contributed by atoms with Gasteiger partial charge in [-0.15, -0.1) is 0 Å². The van der Waals surface area contributed by atoms with Crippen molar-refractivity contribution in [1.29, 1.82) is 0 Å². The smallest absolute Gasteiger partial charge is 0.141 e. The van der Waals surface area contributed by atoms with E-state index in [9.17, 15) is 4.39 Å². The van der Waals surface area contributed by atoms with Gasteiger partial charge in [0.1, 0.15) is 5.82 Å². The SMILES string of the molecule is Fc1cncc(C2CNCCN2)c1. The number of nitrogens with one attached hydrogen (secondary N) is 2. The summed E-state index contributed by atoms with van der Waals surface area (Å²) in [6, 6.07) is 1.72. The second-order valence-electron chi connectivity index (χ2n) is 3.15. The van der Waals surface area contributed by atoms with Crippen molar-refractivity contribution in [1.82, 2.24) is 15.6 Å². The topological polar surface area (TPSA) is 37.0 Å². The Morgan fingerprint density at radius 3 is 3.00 bits per heavy atom. The number of piperazine rings is 1. The Bertz CT molecular complexity index is 284. The molecule has 2 rings (SSSR count).